The summed E-state index contributed by atoms with van der Waals surface area (Å²) < 4.78 is 17.1. The predicted molar refractivity (Wildman–Crippen MR) is 85.5 cm³/mol. The highest BCUT2D eigenvalue weighted by molar-refractivity contribution is 5.87. The molecule has 0 spiro atoms. The molecule has 0 aromatic carbocycles. The van der Waals surface area contributed by atoms with Gasteiger partial charge >= 0.3 is 5.97 Å². The molecule has 0 amide bonds. The summed E-state index contributed by atoms with van der Waals surface area (Å²) in [6.45, 7) is 6.95. The lowest BCUT2D eigenvalue weighted by molar-refractivity contribution is -0.163. The van der Waals surface area contributed by atoms with E-state index in [1.807, 2.05) is 0 Å². The highest BCUT2D eigenvalue weighted by Gasteiger charge is 2.37. The van der Waals surface area contributed by atoms with Crippen LogP contribution in [0.5, 0.6) is 0 Å². The maximum absolute atomic E-state index is 11.8. The molecule has 1 heterocycles. The molecule has 0 N–H and O–H groups in total. The first-order valence-corrected chi connectivity index (χ1v) is 8.73. The maximum atomic E-state index is 11.8. The highest BCUT2D eigenvalue weighted by atomic mass is 16.7. The largest absolute Gasteiger partial charge is 0.456 e. The number of carbonyl (C=O) groups excluding carboxylic acids is 1. The van der Waals surface area contributed by atoms with Crippen LogP contribution >= 0.6 is 0 Å². The Kier molecular flexibility index (Phi) is 6.90. The fourth-order valence-electron chi connectivity index (χ4n) is 3.31. The van der Waals surface area contributed by atoms with Crippen molar-refractivity contribution in [1.29, 1.82) is 0 Å². The summed E-state index contributed by atoms with van der Waals surface area (Å²) in [4.78, 5) is 11.8. The lowest BCUT2D eigenvalue weighted by Gasteiger charge is -2.29. The highest BCUT2D eigenvalue weighted by Crippen LogP contribution is 2.38. The van der Waals surface area contributed by atoms with Crippen LogP contribution in [0.3, 0.4) is 0 Å². The minimum atomic E-state index is -0.253. The maximum Gasteiger partial charge on any atom is 0.333 e. The number of unbranched alkanes of at least 4 members (excludes halogenated alkanes) is 1. The van der Waals surface area contributed by atoms with Gasteiger partial charge in [-0.3, -0.25) is 0 Å². The molecule has 2 aliphatic rings. The smallest absolute Gasteiger partial charge is 0.333 e. The average Bonchev–Trinajstić information content (AvgIpc) is 2.96. The van der Waals surface area contributed by atoms with Crippen molar-refractivity contribution in [2.45, 2.75) is 83.0 Å². The van der Waals surface area contributed by atoms with Gasteiger partial charge in [-0.2, -0.15) is 0 Å². The Hall–Kier alpha value is -0.870. The third kappa shape index (κ3) is 5.40. The molecule has 1 saturated carbocycles. The molecular formula is C18H30O4. The number of esters is 1. The second-order valence-electron chi connectivity index (χ2n) is 6.68. The van der Waals surface area contributed by atoms with E-state index in [4.69, 9.17) is 14.2 Å². The van der Waals surface area contributed by atoms with Crippen molar-refractivity contribution in [2.24, 2.45) is 0 Å². The van der Waals surface area contributed by atoms with Gasteiger partial charge in [-0.05, 0) is 71.1 Å². The monoisotopic (exact) mass is 310 g/mol. The third-order valence-corrected chi connectivity index (χ3v) is 4.64. The summed E-state index contributed by atoms with van der Waals surface area (Å²) in [5.74, 6) is -0.242. The van der Waals surface area contributed by atoms with Crippen LogP contribution in [0.2, 0.25) is 0 Å². The van der Waals surface area contributed by atoms with Gasteiger partial charge in [-0.1, -0.05) is 6.58 Å². The van der Waals surface area contributed by atoms with Gasteiger partial charge in [0.1, 0.15) is 5.60 Å². The van der Waals surface area contributed by atoms with E-state index in [9.17, 15) is 4.79 Å². The zero-order valence-electron chi connectivity index (χ0n) is 13.9. The molecule has 1 unspecified atom stereocenters. The first kappa shape index (κ1) is 17.5. The van der Waals surface area contributed by atoms with Crippen molar-refractivity contribution in [3.05, 3.63) is 12.2 Å². The number of carbonyl (C=O) groups is 1. The van der Waals surface area contributed by atoms with E-state index >= 15 is 0 Å². The number of ether oxygens (including phenoxy) is 3. The minimum Gasteiger partial charge on any atom is -0.456 e. The zero-order chi connectivity index (χ0) is 15.8. The van der Waals surface area contributed by atoms with E-state index in [-0.39, 0.29) is 17.9 Å². The molecule has 0 bridgehead atoms. The van der Waals surface area contributed by atoms with Gasteiger partial charge in [0, 0.05) is 18.8 Å². The second-order valence-corrected chi connectivity index (χ2v) is 6.68. The third-order valence-electron chi connectivity index (χ3n) is 4.64. The van der Waals surface area contributed by atoms with Crippen LogP contribution in [0, 0.1) is 0 Å². The Bertz CT molecular complexity index is 365. The minimum absolute atomic E-state index is 0.00423. The molecule has 126 valence electrons. The van der Waals surface area contributed by atoms with E-state index in [0.717, 1.165) is 71.0 Å². The molecule has 0 aromatic rings. The van der Waals surface area contributed by atoms with Crippen LogP contribution < -0.4 is 0 Å². The van der Waals surface area contributed by atoms with Gasteiger partial charge < -0.3 is 14.2 Å². The lowest BCUT2D eigenvalue weighted by atomic mass is 9.94. The summed E-state index contributed by atoms with van der Waals surface area (Å²) in [6.07, 6.45) is 10.6. The van der Waals surface area contributed by atoms with Gasteiger partial charge in [0.05, 0.1) is 0 Å². The van der Waals surface area contributed by atoms with Crippen LogP contribution in [0.15, 0.2) is 12.2 Å². The van der Waals surface area contributed by atoms with Gasteiger partial charge in [0.15, 0.2) is 6.29 Å². The second kappa shape index (κ2) is 8.68. The molecule has 2 fully saturated rings. The summed E-state index contributed by atoms with van der Waals surface area (Å²) in [5.41, 5.74) is 0.237. The molecule has 0 aromatic heterocycles. The fourth-order valence-corrected chi connectivity index (χ4v) is 3.31. The topological polar surface area (TPSA) is 44.8 Å². The van der Waals surface area contributed by atoms with Crippen LogP contribution in [-0.4, -0.2) is 31.1 Å². The van der Waals surface area contributed by atoms with Crippen LogP contribution in [0.1, 0.15) is 71.1 Å². The summed E-state index contributed by atoms with van der Waals surface area (Å²) in [7, 11) is 0. The Balaban J connectivity index is 1.66. The molecule has 1 aliphatic carbocycles. The van der Waals surface area contributed by atoms with Crippen molar-refractivity contribution in [3.8, 4) is 0 Å². The zero-order valence-corrected chi connectivity index (χ0v) is 13.9. The molecule has 2 rings (SSSR count). The van der Waals surface area contributed by atoms with Crippen LogP contribution in [-0.2, 0) is 19.0 Å². The van der Waals surface area contributed by atoms with Crippen molar-refractivity contribution < 1.29 is 19.0 Å². The summed E-state index contributed by atoms with van der Waals surface area (Å²) in [5, 5.41) is 0. The normalized spacial score (nSPS) is 24.1. The Labute approximate surface area is 134 Å². The quantitative estimate of drug-likeness (QED) is 0.384. The standard InChI is InChI=1S/C18H30O4/c1-15(2)17(19)22-18(10-4-5-11-18)12-6-8-14-21-16-9-3-7-13-20-16/h16H,1,3-14H2,2H3. The van der Waals surface area contributed by atoms with Gasteiger partial charge in [0.2, 0.25) is 0 Å². The van der Waals surface area contributed by atoms with Gasteiger partial charge in [0.25, 0.3) is 0 Å². The first-order chi connectivity index (χ1) is 10.6. The van der Waals surface area contributed by atoms with Crippen molar-refractivity contribution in [2.75, 3.05) is 13.2 Å². The average molecular weight is 310 g/mol. The Morgan fingerprint density at radius 2 is 2.00 bits per heavy atom. The van der Waals surface area contributed by atoms with E-state index in [1.165, 1.54) is 6.42 Å². The van der Waals surface area contributed by atoms with Crippen molar-refractivity contribution in [3.63, 3.8) is 0 Å². The SMILES string of the molecule is C=C(C)C(=O)OC1(CCCCOC2CCCCO2)CCCC1. The van der Waals surface area contributed by atoms with E-state index in [2.05, 4.69) is 6.58 Å². The predicted octanol–water partition coefficient (Wildman–Crippen LogP) is 4.13. The number of hydrogen-bond acceptors (Lipinski definition) is 4. The van der Waals surface area contributed by atoms with E-state index < -0.39 is 0 Å². The van der Waals surface area contributed by atoms with Crippen molar-refractivity contribution in [1.82, 2.24) is 0 Å². The molecule has 0 radical (unpaired) electrons. The number of rotatable bonds is 8. The molecular weight excluding hydrogens is 280 g/mol. The molecule has 1 aliphatic heterocycles. The van der Waals surface area contributed by atoms with E-state index in [0.29, 0.717) is 5.57 Å². The fraction of sp³-hybridized carbons (Fsp3) is 0.833. The molecule has 1 saturated heterocycles. The van der Waals surface area contributed by atoms with Crippen LogP contribution in [0.25, 0.3) is 0 Å². The Morgan fingerprint density at radius 1 is 1.23 bits per heavy atom. The van der Waals surface area contributed by atoms with Gasteiger partial charge in [-0.25, -0.2) is 4.79 Å². The van der Waals surface area contributed by atoms with Crippen molar-refractivity contribution >= 4 is 5.97 Å². The number of hydrogen-bond donors (Lipinski definition) is 0. The lowest BCUT2D eigenvalue weighted by Crippen LogP contribution is -2.32. The van der Waals surface area contributed by atoms with E-state index in [1.54, 1.807) is 6.92 Å². The van der Waals surface area contributed by atoms with Crippen LogP contribution in [0.4, 0.5) is 0 Å². The molecule has 4 heteroatoms. The first-order valence-electron chi connectivity index (χ1n) is 8.73. The molecule has 4 nitrogen and oxygen atoms in total. The summed E-state index contributed by atoms with van der Waals surface area (Å²) in [6, 6.07) is 0. The summed E-state index contributed by atoms with van der Waals surface area (Å²) >= 11 is 0. The molecule has 22 heavy (non-hydrogen) atoms. The molecule has 1 atom stereocenters. The van der Waals surface area contributed by atoms with Gasteiger partial charge in [-0.15, -0.1) is 0 Å². The Morgan fingerprint density at radius 3 is 2.64 bits per heavy atom.